The second-order valence-electron chi connectivity index (χ2n) is 7.51. The second kappa shape index (κ2) is 8.87. The first-order valence-corrected chi connectivity index (χ1v) is 9.97. The summed E-state index contributed by atoms with van der Waals surface area (Å²) in [5.74, 6) is 0.713. The first kappa shape index (κ1) is 19.2. The van der Waals surface area contributed by atoms with Crippen molar-refractivity contribution >= 4 is 23.4 Å². The molecule has 1 saturated carbocycles. The highest BCUT2D eigenvalue weighted by Crippen LogP contribution is 2.23. The molecule has 2 atom stereocenters. The Hall–Kier alpha value is -1.59. The van der Waals surface area contributed by atoms with Crippen molar-refractivity contribution in [1.82, 2.24) is 15.1 Å². The zero-order valence-electron chi connectivity index (χ0n) is 15.4. The molecule has 5 nitrogen and oxygen atoms in total. The van der Waals surface area contributed by atoms with Gasteiger partial charge in [-0.25, -0.2) is 0 Å². The number of carbonyl (C=O) groups is 2. The number of benzene rings is 1. The van der Waals surface area contributed by atoms with Crippen LogP contribution in [0.2, 0.25) is 5.02 Å². The van der Waals surface area contributed by atoms with Gasteiger partial charge in [0.05, 0.1) is 6.54 Å². The zero-order valence-corrected chi connectivity index (χ0v) is 16.2. The fraction of sp³-hybridized carbons (Fsp3) is 0.600. The van der Waals surface area contributed by atoms with Gasteiger partial charge in [-0.1, -0.05) is 31.4 Å². The molecule has 2 fully saturated rings. The highest BCUT2D eigenvalue weighted by atomic mass is 35.5. The highest BCUT2D eigenvalue weighted by molar-refractivity contribution is 6.30. The number of hydrogen-bond acceptors (Lipinski definition) is 3. The van der Waals surface area contributed by atoms with Crippen LogP contribution in [0.25, 0.3) is 0 Å². The van der Waals surface area contributed by atoms with Crippen LogP contribution in [0.3, 0.4) is 0 Å². The molecule has 1 saturated heterocycles. The van der Waals surface area contributed by atoms with Crippen LogP contribution in [0.15, 0.2) is 24.3 Å². The monoisotopic (exact) mass is 377 g/mol. The molecule has 142 valence electrons. The Balaban J connectivity index is 1.44. The van der Waals surface area contributed by atoms with E-state index in [1.807, 2.05) is 4.90 Å². The number of amides is 2. The lowest BCUT2D eigenvalue weighted by molar-refractivity contribution is -0.123. The van der Waals surface area contributed by atoms with E-state index in [0.29, 0.717) is 42.2 Å². The van der Waals surface area contributed by atoms with Crippen LogP contribution in [0.1, 0.15) is 43.0 Å². The SMILES string of the molecule is CC1CCCCC1NC(=O)CN1CCN(C(=O)c2ccc(Cl)cc2)CC1. The van der Waals surface area contributed by atoms with Crippen molar-refractivity contribution in [2.45, 2.75) is 38.6 Å². The number of rotatable bonds is 4. The molecule has 2 aliphatic rings. The minimum absolute atomic E-state index is 0.0294. The summed E-state index contributed by atoms with van der Waals surface area (Å²) in [5.41, 5.74) is 0.659. The number of nitrogens with one attached hydrogen (secondary N) is 1. The van der Waals surface area contributed by atoms with Gasteiger partial charge in [0.2, 0.25) is 5.91 Å². The van der Waals surface area contributed by atoms with Crippen molar-refractivity contribution in [3.05, 3.63) is 34.9 Å². The summed E-state index contributed by atoms with van der Waals surface area (Å²) >= 11 is 5.88. The maximum Gasteiger partial charge on any atom is 0.253 e. The van der Waals surface area contributed by atoms with Gasteiger partial charge in [0.1, 0.15) is 0 Å². The van der Waals surface area contributed by atoms with Crippen LogP contribution < -0.4 is 5.32 Å². The molecule has 26 heavy (non-hydrogen) atoms. The smallest absolute Gasteiger partial charge is 0.253 e. The third-order valence-corrected chi connectivity index (χ3v) is 5.83. The Bertz CT molecular complexity index is 626. The molecular formula is C20H28ClN3O2. The van der Waals surface area contributed by atoms with Crippen LogP contribution in [-0.2, 0) is 4.79 Å². The molecule has 0 bridgehead atoms. The van der Waals surface area contributed by atoms with E-state index in [1.54, 1.807) is 24.3 Å². The van der Waals surface area contributed by atoms with Gasteiger partial charge in [-0.2, -0.15) is 0 Å². The average Bonchev–Trinajstić information content (AvgIpc) is 2.64. The number of hydrogen-bond donors (Lipinski definition) is 1. The van der Waals surface area contributed by atoms with E-state index in [2.05, 4.69) is 17.1 Å². The summed E-state index contributed by atoms with van der Waals surface area (Å²) in [7, 11) is 0. The normalized spacial score (nSPS) is 24.3. The lowest BCUT2D eigenvalue weighted by atomic mass is 9.86. The van der Waals surface area contributed by atoms with Crippen LogP contribution in [0.5, 0.6) is 0 Å². The van der Waals surface area contributed by atoms with Gasteiger partial charge in [0, 0.05) is 42.8 Å². The number of nitrogens with zero attached hydrogens (tertiary/aromatic N) is 2. The molecular weight excluding hydrogens is 350 g/mol. The minimum atomic E-state index is 0.0294. The van der Waals surface area contributed by atoms with Crippen LogP contribution >= 0.6 is 11.6 Å². The molecule has 1 aliphatic carbocycles. The van der Waals surface area contributed by atoms with Gasteiger partial charge in [-0.3, -0.25) is 14.5 Å². The molecule has 0 aromatic heterocycles. The number of halogens is 1. The van der Waals surface area contributed by atoms with Gasteiger partial charge < -0.3 is 10.2 Å². The first-order valence-electron chi connectivity index (χ1n) is 9.59. The van der Waals surface area contributed by atoms with Crippen molar-refractivity contribution in [3.8, 4) is 0 Å². The molecule has 0 spiro atoms. The largest absolute Gasteiger partial charge is 0.352 e. The van der Waals surface area contributed by atoms with E-state index < -0.39 is 0 Å². The van der Waals surface area contributed by atoms with E-state index in [4.69, 9.17) is 11.6 Å². The Morgan fingerprint density at radius 1 is 1.08 bits per heavy atom. The Kier molecular flexibility index (Phi) is 6.54. The fourth-order valence-electron chi connectivity index (χ4n) is 3.87. The summed E-state index contributed by atoms with van der Waals surface area (Å²) in [6, 6.07) is 7.32. The summed E-state index contributed by atoms with van der Waals surface area (Å²) in [6.45, 7) is 5.40. The van der Waals surface area contributed by atoms with E-state index in [9.17, 15) is 9.59 Å². The number of piperazine rings is 1. The Morgan fingerprint density at radius 3 is 2.38 bits per heavy atom. The van der Waals surface area contributed by atoms with Crippen LogP contribution in [-0.4, -0.2) is 60.4 Å². The van der Waals surface area contributed by atoms with Crippen LogP contribution in [0, 0.1) is 5.92 Å². The topological polar surface area (TPSA) is 52.7 Å². The van der Waals surface area contributed by atoms with Gasteiger partial charge in [0.25, 0.3) is 5.91 Å². The van der Waals surface area contributed by atoms with Gasteiger partial charge in [-0.15, -0.1) is 0 Å². The third kappa shape index (κ3) is 4.98. The highest BCUT2D eigenvalue weighted by Gasteiger charge is 2.26. The first-order chi connectivity index (χ1) is 12.5. The van der Waals surface area contributed by atoms with E-state index in [1.165, 1.54) is 19.3 Å². The molecule has 1 N–H and O–H groups in total. The maximum absolute atomic E-state index is 12.5. The summed E-state index contributed by atoms with van der Waals surface area (Å²) in [6.07, 6.45) is 4.78. The molecule has 0 radical (unpaired) electrons. The second-order valence-corrected chi connectivity index (χ2v) is 7.95. The quantitative estimate of drug-likeness (QED) is 0.877. The maximum atomic E-state index is 12.5. The Morgan fingerprint density at radius 2 is 1.73 bits per heavy atom. The number of carbonyl (C=O) groups excluding carboxylic acids is 2. The third-order valence-electron chi connectivity index (χ3n) is 5.58. The van der Waals surface area contributed by atoms with E-state index in [0.717, 1.165) is 19.5 Å². The predicted octanol–water partition coefficient (Wildman–Crippen LogP) is 2.79. The lowest BCUT2D eigenvalue weighted by Crippen LogP contribution is -2.52. The average molecular weight is 378 g/mol. The van der Waals surface area contributed by atoms with Crippen LogP contribution in [0.4, 0.5) is 0 Å². The minimum Gasteiger partial charge on any atom is -0.352 e. The van der Waals surface area contributed by atoms with Gasteiger partial charge in [0.15, 0.2) is 0 Å². The summed E-state index contributed by atoms with van der Waals surface area (Å²) < 4.78 is 0. The molecule has 2 amide bonds. The predicted molar refractivity (Wildman–Crippen MR) is 103 cm³/mol. The van der Waals surface area contributed by atoms with E-state index >= 15 is 0 Å². The molecule has 2 unspecified atom stereocenters. The Labute approximate surface area is 160 Å². The molecule has 1 heterocycles. The zero-order chi connectivity index (χ0) is 18.5. The van der Waals surface area contributed by atoms with Gasteiger partial charge in [-0.05, 0) is 43.0 Å². The van der Waals surface area contributed by atoms with Gasteiger partial charge >= 0.3 is 0 Å². The van der Waals surface area contributed by atoms with Crippen molar-refractivity contribution in [2.24, 2.45) is 5.92 Å². The van der Waals surface area contributed by atoms with Crippen molar-refractivity contribution in [2.75, 3.05) is 32.7 Å². The lowest BCUT2D eigenvalue weighted by Gasteiger charge is -2.35. The summed E-state index contributed by atoms with van der Waals surface area (Å²) in [5, 5.41) is 3.84. The molecule has 3 rings (SSSR count). The van der Waals surface area contributed by atoms with Crippen molar-refractivity contribution in [3.63, 3.8) is 0 Å². The molecule has 1 aliphatic heterocycles. The molecule has 1 aromatic carbocycles. The summed E-state index contributed by atoms with van der Waals surface area (Å²) in [4.78, 5) is 28.9. The molecule has 6 heteroatoms. The fourth-order valence-corrected chi connectivity index (χ4v) is 4.00. The molecule has 1 aromatic rings. The van der Waals surface area contributed by atoms with Crippen molar-refractivity contribution in [1.29, 1.82) is 0 Å². The van der Waals surface area contributed by atoms with E-state index in [-0.39, 0.29) is 11.8 Å². The van der Waals surface area contributed by atoms with Crippen molar-refractivity contribution < 1.29 is 9.59 Å². The standard InChI is InChI=1S/C20H28ClN3O2/c1-15-4-2-3-5-18(15)22-19(25)14-23-10-12-24(13-11-23)20(26)16-6-8-17(21)9-7-16/h6-9,15,18H,2-5,10-14H2,1H3,(H,22,25).